The molecule has 0 bridgehead atoms. The Morgan fingerprint density at radius 3 is 2.33 bits per heavy atom. The minimum atomic E-state index is -3.34. The summed E-state index contributed by atoms with van der Waals surface area (Å²) in [5.74, 6) is -0.168. The van der Waals surface area contributed by atoms with E-state index in [0.717, 1.165) is 26.9 Å². The lowest BCUT2D eigenvalue weighted by Gasteiger charge is -2.20. The van der Waals surface area contributed by atoms with Crippen LogP contribution in [-0.4, -0.2) is 27.1 Å². The summed E-state index contributed by atoms with van der Waals surface area (Å²) >= 11 is 1.39. The molecule has 3 rings (SSSR count). The van der Waals surface area contributed by atoms with E-state index in [1.165, 1.54) is 21.9 Å². The summed E-state index contributed by atoms with van der Waals surface area (Å²) in [6, 6.07) is 13.2. The zero-order chi connectivity index (χ0) is 19.8. The zero-order valence-electron chi connectivity index (χ0n) is 15.7. The first-order chi connectivity index (χ1) is 12.7. The Hall–Kier alpha value is -2.38. The van der Waals surface area contributed by atoms with Gasteiger partial charge in [0.1, 0.15) is 0 Å². The molecule has 0 saturated carbocycles. The largest absolute Gasteiger partial charge is 0.321 e. The monoisotopic (exact) mass is 402 g/mol. The molecule has 2 aromatic carbocycles. The van der Waals surface area contributed by atoms with Gasteiger partial charge < -0.3 is 5.32 Å². The van der Waals surface area contributed by atoms with Gasteiger partial charge in [-0.1, -0.05) is 6.07 Å². The van der Waals surface area contributed by atoms with Crippen molar-refractivity contribution in [3.05, 3.63) is 58.5 Å². The SMILES string of the molecule is CCN(c1ccc2sc(C(=O)Nc3cc(C)cc(C)c3)cc2c1)S(C)(=O)=O. The van der Waals surface area contributed by atoms with Gasteiger partial charge in [0.15, 0.2) is 0 Å². The molecule has 0 atom stereocenters. The Bertz CT molecular complexity index is 1100. The van der Waals surface area contributed by atoms with Gasteiger partial charge in [-0.05, 0) is 73.7 Å². The smallest absolute Gasteiger partial charge is 0.265 e. The first-order valence-corrected chi connectivity index (χ1v) is 11.2. The molecule has 0 saturated heterocycles. The van der Waals surface area contributed by atoms with E-state index in [2.05, 4.69) is 11.4 Å². The maximum atomic E-state index is 12.6. The van der Waals surface area contributed by atoms with Gasteiger partial charge in [-0.15, -0.1) is 11.3 Å². The Morgan fingerprint density at radius 2 is 1.74 bits per heavy atom. The summed E-state index contributed by atoms with van der Waals surface area (Å²) in [7, 11) is -3.34. The first kappa shape index (κ1) is 19.4. The second kappa shape index (κ2) is 7.32. The third-order valence-electron chi connectivity index (χ3n) is 4.18. The van der Waals surface area contributed by atoms with Gasteiger partial charge in [0.05, 0.1) is 16.8 Å². The first-order valence-electron chi connectivity index (χ1n) is 8.58. The fraction of sp³-hybridized carbons (Fsp3) is 0.250. The highest BCUT2D eigenvalue weighted by molar-refractivity contribution is 7.92. The molecule has 0 aliphatic carbocycles. The lowest BCUT2D eigenvalue weighted by molar-refractivity contribution is 0.103. The van der Waals surface area contributed by atoms with Crippen molar-refractivity contribution in [1.29, 1.82) is 0 Å². The van der Waals surface area contributed by atoms with Crippen LogP contribution in [0.5, 0.6) is 0 Å². The maximum absolute atomic E-state index is 12.6. The van der Waals surface area contributed by atoms with Crippen molar-refractivity contribution < 1.29 is 13.2 Å². The molecule has 7 heteroatoms. The molecule has 1 aromatic heterocycles. The number of amides is 1. The molecule has 1 N–H and O–H groups in total. The van der Waals surface area contributed by atoms with Gasteiger partial charge in [0, 0.05) is 16.9 Å². The van der Waals surface area contributed by atoms with Crippen molar-refractivity contribution in [3.8, 4) is 0 Å². The molecule has 0 spiro atoms. The third-order valence-corrected chi connectivity index (χ3v) is 6.56. The molecule has 0 radical (unpaired) electrons. The van der Waals surface area contributed by atoms with E-state index in [4.69, 9.17) is 0 Å². The number of rotatable bonds is 5. The summed E-state index contributed by atoms with van der Waals surface area (Å²) in [5.41, 5.74) is 3.55. The van der Waals surface area contributed by atoms with E-state index in [9.17, 15) is 13.2 Å². The molecule has 5 nitrogen and oxygen atoms in total. The van der Waals surface area contributed by atoms with E-state index in [1.54, 1.807) is 19.1 Å². The molecule has 3 aromatic rings. The second-order valence-corrected chi connectivity index (χ2v) is 9.58. The average molecular weight is 403 g/mol. The molecule has 27 heavy (non-hydrogen) atoms. The number of benzene rings is 2. The summed E-state index contributed by atoms with van der Waals surface area (Å²) < 4.78 is 26.2. The van der Waals surface area contributed by atoms with Gasteiger partial charge in [0.2, 0.25) is 10.0 Å². The predicted octanol–water partition coefficient (Wildman–Crippen LogP) is 4.56. The third kappa shape index (κ3) is 4.31. The zero-order valence-corrected chi connectivity index (χ0v) is 17.4. The molecule has 1 amide bonds. The predicted molar refractivity (Wildman–Crippen MR) is 114 cm³/mol. The normalized spacial score (nSPS) is 11.6. The lowest BCUT2D eigenvalue weighted by Crippen LogP contribution is -2.29. The van der Waals surface area contributed by atoms with Crippen molar-refractivity contribution >= 4 is 48.7 Å². The molecule has 0 aliphatic rings. The highest BCUT2D eigenvalue weighted by Crippen LogP contribution is 2.31. The van der Waals surface area contributed by atoms with Crippen LogP contribution in [0.1, 0.15) is 27.7 Å². The van der Waals surface area contributed by atoms with Gasteiger partial charge in [-0.3, -0.25) is 9.10 Å². The van der Waals surface area contributed by atoms with Crippen molar-refractivity contribution in [2.24, 2.45) is 0 Å². The molecule has 0 fully saturated rings. The Morgan fingerprint density at radius 1 is 1.07 bits per heavy atom. The average Bonchev–Trinajstić information content (AvgIpc) is 2.96. The number of carbonyl (C=O) groups excluding carboxylic acids is 1. The van der Waals surface area contributed by atoms with Crippen LogP contribution in [0.25, 0.3) is 10.1 Å². The fourth-order valence-corrected chi connectivity index (χ4v) is 5.05. The van der Waals surface area contributed by atoms with Crippen molar-refractivity contribution in [2.75, 3.05) is 22.4 Å². The summed E-state index contributed by atoms with van der Waals surface area (Å²) in [4.78, 5) is 13.2. The quantitative estimate of drug-likeness (QED) is 0.680. The number of thiophene rings is 1. The van der Waals surface area contributed by atoms with E-state index in [-0.39, 0.29) is 5.91 Å². The van der Waals surface area contributed by atoms with Crippen LogP contribution in [0.2, 0.25) is 0 Å². The molecule has 142 valence electrons. The highest BCUT2D eigenvalue weighted by Gasteiger charge is 2.17. The van der Waals surface area contributed by atoms with Crippen LogP contribution in [-0.2, 0) is 10.0 Å². The number of anilines is 2. The minimum Gasteiger partial charge on any atom is -0.321 e. The number of hydrogen-bond acceptors (Lipinski definition) is 4. The molecular formula is C20H22N2O3S2. The minimum absolute atomic E-state index is 0.168. The van der Waals surface area contributed by atoms with Crippen molar-refractivity contribution in [1.82, 2.24) is 0 Å². The van der Waals surface area contributed by atoms with Gasteiger partial charge >= 0.3 is 0 Å². The van der Waals surface area contributed by atoms with Crippen molar-refractivity contribution in [3.63, 3.8) is 0 Å². The van der Waals surface area contributed by atoms with E-state index in [1.807, 2.05) is 38.1 Å². The molecule has 0 unspecified atom stereocenters. The Kier molecular flexibility index (Phi) is 5.26. The topological polar surface area (TPSA) is 66.5 Å². The van der Waals surface area contributed by atoms with Crippen LogP contribution < -0.4 is 9.62 Å². The number of aryl methyl sites for hydroxylation is 2. The number of carbonyl (C=O) groups is 1. The molecule has 0 aliphatic heterocycles. The van der Waals surface area contributed by atoms with Crippen LogP contribution in [0.4, 0.5) is 11.4 Å². The number of nitrogens with one attached hydrogen (secondary N) is 1. The highest BCUT2D eigenvalue weighted by atomic mass is 32.2. The van der Waals surface area contributed by atoms with E-state index in [0.29, 0.717) is 17.1 Å². The summed E-state index contributed by atoms with van der Waals surface area (Å²) in [6.07, 6.45) is 1.19. The van der Waals surface area contributed by atoms with Crippen LogP contribution >= 0.6 is 11.3 Å². The van der Waals surface area contributed by atoms with Gasteiger partial charge in [-0.2, -0.15) is 0 Å². The van der Waals surface area contributed by atoms with Crippen LogP contribution in [0, 0.1) is 13.8 Å². The number of fused-ring (bicyclic) bond motifs is 1. The van der Waals surface area contributed by atoms with Crippen LogP contribution in [0.15, 0.2) is 42.5 Å². The van der Waals surface area contributed by atoms with Gasteiger partial charge in [-0.25, -0.2) is 8.42 Å². The number of nitrogens with zero attached hydrogens (tertiary/aromatic N) is 1. The molecular weight excluding hydrogens is 380 g/mol. The standard InChI is InChI=1S/C20H22N2O3S2/c1-5-22(27(4,24)25)17-6-7-18-15(11-17)12-19(26-18)20(23)21-16-9-13(2)8-14(3)10-16/h6-12H,5H2,1-4H3,(H,21,23). The fourth-order valence-electron chi connectivity index (χ4n) is 3.15. The van der Waals surface area contributed by atoms with Crippen LogP contribution in [0.3, 0.4) is 0 Å². The lowest BCUT2D eigenvalue weighted by atomic mass is 10.1. The van der Waals surface area contributed by atoms with Crippen molar-refractivity contribution in [2.45, 2.75) is 20.8 Å². The summed E-state index contributed by atoms with van der Waals surface area (Å²) in [6.45, 7) is 6.13. The molecule has 1 heterocycles. The van der Waals surface area contributed by atoms with E-state index >= 15 is 0 Å². The Labute approximate surface area is 163 Å². The number of sulfonamides is 1. The Balaban J connectivity index is 1.91. The van der Waals surface area contributed by atoms with Gasteiger partial charge in [0.25, 0.3) is 5.91 Å². The maximum Gasteiger partial charge on any atom is 0.265 e. The van der Waals surface area contributed by atoms with E-state index < -0.39 is 10.0 Å². The second-order valence-electron chi connectivity index (χ2n) is 6.59. The summed E-state index contributed by atoms with van der Waals surface area (Å²) in [5, 5.41) is 3.79. The number of hydrogen-bond donors (Lipinski definition) is 1.